The Balaban J connectivity index is 1.64. The molecule has 0 atom stereocenters. The van der Waals surface area contributed by atoms with Gasteiger partial charge in [0.25, 0.3) is 0 Å². The molecule has 1 aliphatic rings. The summed E-state index contributed by atoms with van der Waals surface area (Å²) in [5.41, 5.74) is 0.955. The van der Waals surface area contributed by atoms with Gasteiger partial charge >= 0.3 is 0 Å². The topological polar surface area (TPSA) is 83.1 Å². The van der Waals surface area contributed by atoms with Crippen molar-refractivity contribution in [2.24, 2.45) is 0 Å². The van der Waals surface area contributed by atoms with Gasteiger partial charge in [-0.2, -0.15) is 0 Å². The Morgan fingerprint density at radius 2 is 1.64 bits per heavy atom. The molecule has 152 valence electrons. The highest BCUT2D eigenvalue weighted by atomic mass is 32.2. The Bertz CT molecular complexity index is 913. The van der Waals surface area contributed by atoms with Gasteiger partial charge in [-0.1, -0.05) is 6.07 Å². The van der Waals surface area contributed by atoms with Crippen LogP contribution in [0, 0.1) is 0 Å². The third-order valence-electron chi connectivity index (χ3n) is 4.14. The Kier molecular flexibility index (Phi) is 6.64. The molecule has 0 saturated carbocycles. The molecule has 0 bridgehead atoms. The smallest absolute Gasteiger partial charge is 0.240 e. The van der Waals surface area contributed by atoms with Crippen molar-refractivity contribution >= 4 is 10.0 Å². The van der Waals surface area contributed by atoms with Crippen LogP contribution >= 0.6 is 0 Å². The predicted octanol–water partition coefficient (Wildman–Crippen LogP) is 2.78. The standard InChI is InChI=1S/C20H25NO6S/c1-3-24-17-7-5-15(13-19(17)25-4-2)9-10-21-28(22,23)16-6-8-18-20(14-16)27-12-11-26-18/h5-8,13-14,21H,3-4,9-12H2,1-2H3. The van der Waals surface area contributed by atoms with E-state index in [0.717, 1.165) is 5.56 Å². The van der Waals surface area contributed by atoms with E-state index in [2.05, 4.69) is 4.72 Å². The molecule has 2 aromatic rings. The highest BCUT2D eigenvalue weighted by Crippen LogP contribution is 2.32. The number of nitrogens with one attached hydrogen (secondary N) is 1. The lowest BCUT2D eigenvalue weighted by Gasteiger charge is -2.19. The Morgan fingerprint density at radius 3 is 2.39 bits per heavy atom. The number of sulfonamides is 1. The molecule has 2 aromatic carbocycles. The number of hydrogen-bond donors (Lipinski definition) is 1. The molecule has 1 aliphatic heterocycles. The van der Waals surface area contributed by atoms with Crippen molar-refractivity contribution in [3.63, 3.8) is 0 Å². The van der Waals surface area contributed by atoms with Gasteiger partial charge < -0.3 is 18.9 Å². The van der Waals surface area contributed by atoms with Gasteiger partial charge in [0.1, 0.15) is 13.2 Å². The van der Waals surface area contributed by atoms with E-state index >= 15 is 0 Å². The molecule has 0 amide bonds. The van der Waals surface area contributed by atoms with E-state index in [0.29, 0.717) is 55.8 Å². The van der Waals surface area contributed by atoms with E-state index < -0.39 is 10.0 Å². The maximum Gasteiger partial charge on any atom is 0.240 e. The van der Waals surface area contributed by atoms with Crippen LogP contribution in [0.15, 0.2) is 41.3 Å². The van der Waals surface area contributed by atoms with Crippen molar-refractivity contribution in [3.8, 4) is 23.0 Å². The monoisotopic (exact) mass is 407 g/mol. The van der Waals surface area contributed by atoms with Crippen molar-refractivity contribution in [2.45, 2.75) is 25.2 Å². The van der Waals surface area contributed by atoms with Gasteiger partial charge in [0.15, 0.2) is 23.0 Å². The first-order valence-electron chi connectivity index (χ1n) is 9.31. The molecule has 0 unspecified atom stereocenters. The van der Waals surface area contributed by atoms with Crippen LogP contribution in [0.1, 0.15) is 19.4 Å². The molecule has 0 saturated heterocycles. The van der Waals surface area contributed by atoms with E-state index in [4.69, 9.17) is 18.9 Å². The van der Waals surface area contributed by atoms with E-state index in [9.17, 15) is 8.42 Å². The molecule has 1 heterocycles. The molecule has 0 aromatic heterocycles. The molecule has 0 aliphatic carbocycles. The Morgan fingerprint density at radius 1 is 0.929 bits per heavy atom. The minimum atomic E-state index is -3.64. The summed E-state index contributed by atoms with van der Waals surface area (Å²) >= 11 is 0. The first-order chi connectivity index (χ1) is 13.5. The Labute approximate surface area is 165 Å². The highest BCUT2D eigenvalue weighted by molar-refractivity contribution is 7.89. The van der Waals surface area contributed by atoms with Gasteiger partial charge in [-0.15, -0.1) is 0 Å². The minimum Gasteiger partial charge on any atom is -0.490 e. The lowest BCUT2D eigenvalue weighted by Crippen LogP contribution is -2.26. The van der Waals surface area contributed by atoms with Gasteiger partial charge in [0, 0.05) is 12.6 Å². The van der Waals surface area contributed by atoms with Crippen LogP contribution in [0.4, 0.5) is 0 Å². The first-order valence-corrected chi connectivity index (χ1v) is 10.8. The van der Waals surface area contributed by atoms with Crippen LogP contribution in [-0.2, 0) is 16.4 Å². The summed E-state index contributed by atoms with van der Waals surface area (Å²) in [5, 5.41) is 0. The summed E-state index contributed by atoms with van der Waals surface area (Å²) < 4.78 is 49.8. The van der Waals surface area contributed by atoms with E-state index in [1.807, 2.05) is 32.0 Å². The largest absolute Gasteiger partial charge is 0.490 e. The summed E-state index contributed by atoms with van der Waals surface area (Å²) in [5.74, 6) is 2.35. The fraction of sp³-hybridized carbons (Fsp3) is 0.400. The average Bonchev–Trinajstić information content (AvgIpc) is 2.70. The zero-order chi connectivity index (χ0) is 20.0. The summed E-state index contributed by atoms with van der Waals surface area (Å²) in [7, 11) is -3.64. The Hall–Kier alpha value is -2.45. The SMILES string of the molecule is CCOc1ccc(CCNS(=O)(=O)c2ccc3c(c2)OCCO3)cc1OCC. The van der Waals surface area contributed by atoms with Crippen molar-refractivity contribution in [2.75, 3.05) is 33.0 Å². The van der Waals surface area contributed by atoms with Gasteiger partial charge in [-0.25, -0.2) is 13.1 Å². The molecular weight excluding hydrogens is 382 g/mol. The molecule has 0 fully saturated rings. The summed E-state index contributed by atoms with van der Waals surface area (Å²) in [6, 6.07) is 10.3. The number of benzene rings is 2. The van der Waals surface area contributed by atoms with Crippen molar-refractivity contribution in [3.05, 3.63) is 42.0 Å². The number of rotatable bonds is 9. The number of ether oxygens (including phenoxy) is 4. The molecular formula is C20H25NO6S. The molecule has 7 nitrogen and oxygen atoms in total. The van der Waals surface area contributed by atoms with Crippen LogP contribution in [-0.4, -0.2) is 41.4 Å². The summed E-state index contributed by atoms with van der Waals surface area (Å²) in [4.78, 5) is 0.151. The lowest BCUT2D eigenvalue weighted by atomic mass is 10.1. The van der Waals surface area contributed by atoms with E-state index in [1.54, 1.807) is 6.07 Å². The molecule has 0 spiro atoms. The van der Waals surface area contributed by atoms with Gasteiger partial charge in [-0.3, -0.25) is 0 Å². The lowest BCUT2D eigenvalue weighted by molar-refractivity contribution is 0.171. The third kappa shape index (κ3) is 4.88. The van der Waals surface area contributed by atoms with Crippen LogP contribution in [0.3, 0.4) is 0 Å². The van der Waals surface area contributed by atoms with Crippen molar-refractivity contribution in [1.82, 2.24) is 4.72 Å². The van der Waals surface area contributed by atoms with Gasteiger partial charge in [0.05, 0.1) is 18.1 Å². The van der Waals surface area contributed by atoms with Crippen molar-refractivity contribution < 1.29 is 27.4 Å². The van der Waals surface area contributed by atoms with E-state index in [-0.39, 0.29) is 11.4 Å². The zero-order valence-corrected chi connectivity index (χ0v) is 16.9. The second kappa shape index (κ2) is 9.16. The van der Waals surface area contributed by atoms with E-state index in [1.165, 1.54) is 12.1 Å². The molecule has 28 heavy (non-hydrogen) atoms. The predicted molar refractivity (Wildman–Crippen MR) is 105 cm³/mol. The van der Waals surface area contributed by atoms with Crippen LogP contribution in [0.25, 0.3) is 0 Å². The van der Waals surface area contributed by atoms with Crippen LogP contribution < -0.4 is 23.7 Å². The quantitative estimate of drug-likeness (QED) is 0.688. The average molecular weight is 407 g/mol. The molecule has 8 heteroatoms. The second-order valence-corrected chi connectivity index (χ2v) is 7.87. The summed E-state index contributed by atoms with van der Waals surface area (Å²) in [6.07, 6.45) is 0.524. The molecule has 3 rings (SSSR count). The molecule has 0 radical (unpaired) electrons. The zero-order valence-electron chi connectivity index (χ0n) is 16.1. The van der Waals surface area contributed by atoms with Crippen LogP contribution in [0.2, 0.25) is 0 Å². The summed E-state index contributed by atoms with van der Waals surface area (Å²) in [6.45, 7) is 6.03. The van der Waals surface area contributed by atoms with Gasteiger partial charge in [-0.05, 0) is 50.1 Å². The van der Waals surface area contributed by atoms with Crippen molar-refractivity contribution in [1.29, 1.82) is 0 Å². The maximum atomic E-state index is 12.6. The number of hydrogen-bond acceptors (Lipinski definition) is 6. The van der Waals surface area contributed by atoms with Gasteiger partial charge in [0.2, 0.25) is 10.0 Å². The normalized spacial score (nSPS) is 13.2. The van der Waals surface area contributed by atoms with Crippen LogP contribution in [0.5, 0.6) is 23.0 Å². The first kappa shape index (κ1) is 20.3. The number of fused-ring (bicyclic) bond motifs is 1. The fourth-order valence-electron chi connectivity index (χ4n) is 2.85. The third-order valence-corrected chi connectivity index (χ3v) is 5.60. The maximum absolute atomic E-state index is 12.6. The fourth-order valence-corrected chi connectivity index (χ4v) is 3.90. The molecule has 1 N–H and O–H groups in total. The second-order valence-electron chi connectivity index (χ2n) is 6.10. The minimum absolute atomic E-state index is 0.151. The highest BCUT2D eigenvalue weighted by Gasteiger charge is 2.19.